The molecular formula is C52H39N3O. The van der Waals surface area contributed by atoms with Crippen molar-refractivity contribution >= 4 is 43.7 Å². The quantitative estimate of drug-likeness (QED) is 0.178. The van der Waals surface area contributed by atoms with E-state index in [0.29, 0.717) is 17.8 Å². The third-order valence-corrected chi connectivity index (χ3v) is 12.0. The molecule has 11 rings (SSSR count). The molecule has 0 aliphatic heterocycles. The van der Waals surface area contributed by atoms with E-state index in [0.717, 1.165) is 84.7 Å². The maximum Gasteiger partial charge on any atom is 0.235 e. The summed E-state index contributed by atoms with van der Waals surface area (Å²) in [6.07, 6.45) is 2.24. The van der Waals surface area contributed by atoms with E-state index in [4.69, 9.17) is 14.4 Å². The summed E-state index contributed by atoms with van der Waals surface area (Å²) in [5.74, 6) is 1.38. The topological polar surface area (TPSA) is 43.9 Å². The summed E-state index contributed by atoms with van der Waals surface area (Å²) in [4.78, 5) is 11.1. The molecule has 0 radical (unpaired) electrons. The second-order valence-electron chi connectivity index (χ2n) is 15.4. The lowest BCUT2D eigenvalue weighted by molar-refractivity contribution is 0.512. The maximum atomic E-state index is 6.87. The van der Waals surface area contributed by atoms with Crippen molar-refractivity contribution in [3.8, 4) is 50.6 Å². The van der Waals surface area contributed by atoms with Gasteiger partial charge in [0.2, 0.25) is 5.95 Å². The summed E-state index contributed by atoms with van der Waals surface area (Å²) in [5, 5.41) is 4.44. The van der Waals surface area contributed by atoms with Gasteiger partial charge in [-0.2, -0.15) is 0 Å². The molecule has 1 aliphatic carbocycles. The smallest absolute Gasteiger partial charge is 0.235 e. The first-order valence-corrected chi connectivity index (χ1v) is 19.7. The third-order valence-electron chi connectivity index (χ3n) is 12.0. The van der Waals surface area contributed by atoms with Gasteiger partial charge in [0.15, 0.2) is 5.58 Å². The molecule has 4 heteroatoms. The molecule has 10 aromatic rings. The molecular weight excluding hydrogens is 683 g/mol. The van der Waals surface area contributed by atoms with Crippen LogP contribution in [0.1, 0.15) is 49.8 Å². The fraction of sp³-hybridized carbons (Fsp3) is 0.115. The van der Waals surface area contributed by atoms with E-state index in [2.05, 4.69) is 176 Å². The van der Waals surface area contributed by atoms with Crippen molar-refractivity contribution in [3.05, 3.63) is 175 Å². The number of para-hydroxylation sites is 2. The van der Waals surface area contributed by atoms with Crippen LogP contribution in [-0.2, 0) is 0 Å². The lowest BCUT2D eigenvalue weighted by atomic mass is 9.79. The Morgan fingerprint density at radius 3 is 1.82 bits per heavy atom. The van der Waals surface area contributed by atoms with Gasteiger partial charge in [-0.15, -0.1) is 0 Å². The van der Waals surface area contributed by atoms with Crippen LogP contribution >= 0.6 is 0 Å². The van der Waals surface area contributed by atoms with Gasteiger partial charge in [0.1, 0.15) is 11.1 Å². The van der Waals surface area contributed by atoms with Crippen molar-refractivity contribution < 1.29 is 4.42 Å². The van der Waals surface area contributed by atoms with Gasteiger partial charge in [-0.3, -0.25) is 4.57 Å². The van der Waals surface area contributed by atoms with Gasteiger partial charge in [-0.25, -0.2) is 9.97 Å². The van der Waals surface area contributed by atoms with Crippen molar-refractivity contribution in [2.75, 3.05) is 0 Å². The molecule has 3 heterocycles. The fourth-order valence-electron chi connectivity index (χ4n) is 9.23. The molecule has 268 valence electrons. The van der Waals surface area contributed by atoms with E-state index in [1.54, 1.807) is 0 Å². The van der Waals surface area contributed by atoms with Crippen LogP contribution in [0.15, 0.2) is 168 Å². The van der Waals surface area contributed by atoms with Gasteiger partial charge in [-0.05, 0) is 76.3 Å². The highest BCUT2D eigenvalue weighted by molar-refractivity contribution is 6.26. The highest BCUT2D eigenvalue weighted by atomic mass is 16.3. The zero-order valence-corrected chi connectivity index (χ0v) is 31.4. The Kier molecular flexibility index (Phi) is 7.53. The minimum absolute atomic E-state index is 0.325. The molecule has 0 fully saturated rings. The van der Waals surface area contributed by atoms with Crippen LogP contribution in [-0.4, -0.2) is 14.5 Å². The molecule has 0 saturated heterocycles. The van der Waals surface area contributed by atoms with Crippen LogP contribution < -0.4 is 0 Å². The van der Waals surface area contributed by atoms with Gasteiger partial charge in [0, 0.05) is 32.7 Å². The fourth-order valence-corrected chi connectivity index (χ4v) is 9.23. The first kappa shape index (κ1) is 32.6. The Balaban J connectivity index is 1.20. The molecule has 0 N–H and O–H groups in total. The highest BCUT2D eigenvalue weighted by Gasteiger charge is 2.31. The summed E-state index contributed by atoms with van der Waals surface area (Å²) in [6.45, 7) is 4.65. The summed E-state index contributed by atoms with van der Waals surface area (Å²) in [6, 6.07) is 58.4. The number of aromatic nitrogens is 3. The molecule has 0 spiro atoms. The van der Waals surface area contributed by atoms with Crippen LogP contribution in [0.2, 0.25) is 0 Å². The lowest BCUT2D eigenvalue weighted by Gasteiger charge is -2.29. The number of furan rings is 1. The summed E-state index contributed by atoms with van der Waals surface area (Å²) >= 11 is 0. The predicted octanol–water partition coefficient (Wildman–Crippen LogP) is 14.1. The number of rotatable bonds is 5. The van der Waals surface area contributed by atoms with E-state index < -0.39 is 0 Å². The van der Waals surface area contributed by atoms with Crippen molar-refractivity contribution in [2.24, 2.45) is 0 Å². The number of benzene rings is 7. The second-order valence-corrected chi connectivity index (χ2v) is 15.4. The van der Waals surface area contributed by atoms with E-state index in [9.17, 15) is 0 Å². The summed E-state index contributed by atoms with van der Waals surface area (Å²) in [7, 11) is 0. The van der Waals surface area contributed by atoms with Crippen molar-refractivity contribution in [3.63, 3.8) is 0 Å². The summed E-state index contributed by atoms with van der Waals surface area (Å²) < 4.78 is 9.15. The van der Waals surface area contributed by atoms with E-state index >= 15 is 0 Å². The number of nitrogens with zero attached hydrogens (tertiary/aromatic N) is 3. The minimum Gasteiger partial charge on any atom is -0.454 e. The van der Waals surface area contributed by atoms with Crippen LogP contribution in [0.5, 0.6) is 0 Å². The Morgan fingerprint density at radius 1 is 0.518 bits per heavy atom. The standard InChI is InChI=1S/C52H39N3O/c1-32-25-26-33(2)48-46(32)49(37-17-7-4-8-18-37)54-52(53-48)55-44-23-13-11-22-41(44)47-42(31-43-40-21-12-14-24-45(40)56-51(43)50(47)55)36-29-27-35(28-30-36)39-20-10-9-19-38(39)34-15-5-3-6-16-34/h3-24,27-33H,25-26H2,1-2H3. The summed E-state index contributed by atoms with van der Waals surface area (Å²) in [5.41, 5.74) is 15.5. The Hall–Kier alpha value is -6.78. The molecule has 0 saturated carbocycles. The largest absolute Gasteiger partial charge is 0.454 e. The van der Waals surface area contributed by atoms with E-state index in [1.807, 2.05) is 6.07 Å². The van der Waals surface area contributed by atoms with Crippen LogP contribution in [0.3, 0.4) is 0 Å². The van der Waals surface area contributed by atoms with Gasteiger partial charge in [0.25, 0.3) is 0 Å². The number of hydrogen-bond acceptors (Lipinski definition) is 3. The molecule has 1 aliphatic rings. The molecule has 2 unspecified atom stereocenters. The van der Waals surface area contributed by atoms with Crippen LogP contribution in [0.4, 0.5) is 0 Å². The van der Waals surface area contributed by atoms with Crippen molar-refractivity contribution in [1.29, 1.82) is 0 Å². The van der Waals surface area contributed by atoms with Gasteiger partial charge >= 0.3 is 0 Å². The maximum absolute atomic E-state index is 6.87. The van der Waals surface area contributed by atoms with Gasteiger partial charge < -0.3 is 4.42 Å². The third kappa shape index (κ3) is 5.06. The Bertz CT molecular complexity index is 3100. The van der Waals surface area contributed by atoms with Gasteiger partial charge in [0.05, 0.1) is 16.9 Å². The zero-order valence-electron chi connectivity index (χ0n) is 31.4. The average Bonchev–Trinajstić information content (AvgIpc) is 3.81. The molecule has 2 atom stereocenters. The molecule has 0 bridgehead atoms. The van der Waals surface area contributed by atoms with Crippen LogP contribution in [0, 0.1) is 0 Å². The van der Waals surface area contributed by atoms with E-state index in [-0.39, 0.29) is 0 Å². The molecule has 7 aromatic carbocycles. The Morgan fingerprint density at radius 2 is 1.09 bits per heavy atom. The van der Waals surface area contributed by atoms with Crippen LogP contribution in [0.25, 0.3) is 94.3 Å². The first-order chi connectivity index (χ1) is 27.6. The average molecular weight is 722 g/mol. The molecule has 4 nitrogen and oxygen atoms in total. The van der Waals surface area contributed by atoms with Gasteiger partial charge in [-0.1, -0.05) is 159 Å². The minimum atomic E-state index is 0.325. The highest BCUT2D eigenvalue weighted by Crippen LogP contribution is 2.47. The van der Waals surface area contributed by atoms with E-state index in [1.165, 1.54) is 27.8 Å². The predicted molar refractivity (Wildman–Crippen MR) is 231 cm³/mol. The first-order valence-electron chi connectivity index (χ1n) is 19.7. The van der Waals surface area contributed by atoms with Crippen molar-refractivity contribution in [1.82, 2.24) is 14.5 Å². The number of fused-ring (bicyclic) bond motifs is 8. The number of hydrogen-bond donors (Lipinski definition) is 0. The lowest BCUT2D eigenvalue weighted by Crippen LogP contribution is -2.18. The molecule has 56 heavy (non-hydrogen) atoms. The monoisotopic (exact) mass is 721 g/mol. The Labute approximate surface area is 325 Å². The molecule has 0 amide bonds. The normalized spacial score (nSPS) is 15.5. The second kappa shape index (κ2) is 12.9. The SMILES string of the molecule is CC1CCC(C)c2c(-c3ccccc3)nc(-n3c4ccccc4c4c(-c5ccc(-c6ccccc6-c6ccccc6)cc5)cc5c6ccccc6oc5c43)nc21. The van der Waals surface area contributed by atoms with Crippen molar-refractivity contribution in [2.45, 2.75) is 38.5 Å². The zero-order chi connectivity index (χ0) is 37.3. The molecule has 3 aromatic heterocycles.